The second-order valence-corrected chi connectivity index (χ2v) is 4.00. The van der Waals surface area contributed by atoms with Crippen LogP contribution in [0.3, 0.4) is 0 Å². The number of nitrogens with zero attached hydrogens (tertiary/aromatic N) is 4. The van der Waals surface area contributed by atoms with E-state index in [1.54, 1.807) is 0 Å². The van der Waals surface area contributed by atoms with Gasteiger partial charge < -0.3 is 4.57 Å². The molecule has 0 unspecified atom stereocenters. The van der Waals surface area contributed by atoms with E-state index in [0.717, 1.165) is 0 Å². The second kappa shape index (κ2) is 5.02. The quantitative estimate of drug-likeness (QED) is 0.523. The molecule has 0 spiro atoms. The van der Waals surface area contributed by atoms with Crippen molar-refractivity contribution in [2.75, 3.05) is 5.32 Å². The highest BCUT2D eigenvalue weighted by atomic mass is 35.5. The summed E-state index contributed by atoms with van der Waals surface area (Å²) in [5, 5.41) is 13.2. The molecule has 0 fully saturated rings. The topological polar surface area (TPSA) is 103 Å². The van der Waals surface area contributed by atoms with Crippen LogP contribution in [0.1, 0.15) is 10.5 Å². The maximum Gasteiger partial charge on any atom is 0.287 e. The van der Waals surface area contributed by atoms with Gasteiger partial charge in [-0.2, -0.15) is 0 Å². The Kier molecular flexibility index (Phi) is 3.43. The molecule has 0 aromatic carbocycles. The van der Waals surface area contributed by atoms with E-state index in [1.807, 2.05) is 0 Å². The molecule has 0 saturated heterocycles. The fraction of sp³-hybridized carbons (Fsp3) is 0.100. The number of aromatic nitrogens is 3. The summed E-state index contributed by atoms with van der Waals surface area (Å²) in [7, 11) is 1.53. The van der Waals surface area contributed by atoms with E-state index in [1.165, 1.54) is 36.1 Å². The third-order valence-electron chi connectivity index (χ3n) is 2.28. The zero-order valence-electron chi connectivity index (χ0n) is 9.70. The van der Waals surface area contributed by atoms with Crippen molar-refractivity contribution in [2.24, 2.45) is 7.05 Å². The van der Waals surface area contributed by atoms with Gasteiger partial charge in [-0.05, 0) is 6.07 Å². The molecular formula is C10H8ClN5O3. The van der Waals surface area contributed by atoms with Gasteiger partial charge in [-0.25, -0.2) is 9.97 Å². The number of carbonyl (C=O) groups excluding carboxylic acids is 1. The Hall–Kier alpha value is -2.48. The van der Waals surface area contributed by atoms with Crippen LogP contribution in [0.4, 0.5) is 11.6 Å². The van der Waals surface area contributed by atoms with Gasteiger partial charge in [0.2, 0.25) is 5.95 Å². The maximum absolute atomic E-state index is 11.9. The van der Waals surface area contributed by atoms with Crippen molar-refractivity contribution in [1.82, 2.24) is 14.5 Å². The van der Waals surface area contributed by atoms with Crippen molar-refractivity contribution in [1.29, 1.82) is 0 Å². The Morgan fingerprint density at radius 2 is 2.32 bits per heavy atom. The Labute approximate surface area is 112 Å². The Morgan fingerprint density at radius 1 is 1.58 bits per heavy atom. The second-order valence-electron chi connectivity index (χ2n) is 3.61. The number of anilines is 1. The zero-order chi connectivity index (χ0) is 14.0. The molecule has 8 nitrogen and oxygen atoms in total. The lowest BCUT2D eigenvalue weighted by atomic mass is 10.4. The van der Waals surface area contributed by atoms with Crippen molar-refractivity contribution >= 4 is 29.1 Å². The number of halogens is 1. The summed E-state index contributed by atoms with van der Waals surface area (Å²) in [5.74, 6) is -0.529. The van der Waals surface area contributed by atoms with Gasteiger partial charge in [0, 0.05) is 19.3 Å². The smallest absolute Gasteiger partial charge is 0.287 e. The van der Waals surface area contributed by atoms with Crippen LogP contribution in [0.15, 0.2) is 24.5 Å². The van der Waals surface area contributed by atoms with Gasteiger partial charge in [0.05, 0.1) is 11.1 Å². The molecule has 0 radical (unpaired) electrons. The minimum Gasteiger partial charge on any atom is -0.340 e. The van der Waals surface area contributed by atoms with Gasteiger partial charge in [0.1, 0.15) is 10.8 Å². The van der Waals surface area contributed by atoms with Crippen LogP contribution < -0.4 is 5.32 Å². The summed E-state index contributed by atoms with van der Waals surface area (Å²) in [6.07, 6.45) is 2.63. The van der Waals surface area contributed by atoms with Gasteiger partial charge in [0.15, 0.2) is 0 Å². The van der Waals surface area contributed by atoms with Crippen molar-refractivity contribution in [3.05, 3.63) is 45.5 Å². The van der Waals surface area contributed by atoms with Crippen LogP contribution in [-0.4, -0.2) is 25.4 Å². The van der Waals surface area contributed by atoms with E-state index in [0.29, 0.717) is 0 Å². The molecule has 0 aliphatic heterocycles. The molecule has 0 aliphatic rings. The number of amides is 1. The van der Waals surface area contributed by atoms with E-state index in [-0.39, 0.29) is 22.5 Å². The van der Waals surface area contributed by atoms with Crippen LogP contribution in [0.25, 0.3) is 0 Å². The van der Waals surface area contributed by atoms with Crippen LogP contribution in [0.2, 0.25) is 5.15 Å². The summed E-state index contributed by atoms with van der Waals surface area (Å²) >= 11 is 5.65. The third kappa shape index (κ3) is 2.86. The third-order valence-corrected chi connectivity index (χ3v) is 2.49. The molecule has 0 bridgehead atoms. The van der Waals surface area contributed by atoms with Crippen LogP contribution >= 0.6 is 11.6 Å². The van der Waals surface area contributed by atoms with Crippen molar-refractivity contribution in [3.63, 3.8) is 0 Å². The van der Waals surface area contributed by atoms with E-state index in [9.17, 15) is 14.9 Å². The number of carbonyl (C=O) groups is 1. The highest BCUT2D eigenvalue weighted by Gasteiger charge is 2.18. The summed E-state index contributed by atoms with van der Waals surface area (Å²) in [6, 6.07) is 2.63. The molecule has 1 amide bonds. The van der Waals surface area contributed by atoms with Gasteiger partial charge in [0.25, 0.3) is 11.6 Å². The van der Waals surface area contributed by atoms with Gasteiger partial charge >= 0.3 is 0 Å². The summed E-state index contributed by atoms with van der Waals surface area (Å²) < 4.78 is 1.35. The van der Waals surface area contributed by atoms with E-state index >= 15 is 0 Å². The standard InChI is InChI=1S/C10H8ClN5O3/c1-15-5-6(16(18)19)4-7(15)9(17)14-10-12-3-2-8(11)13-10/h2-5H,1H3,(H,12,13,14,17). The van der Waals surface area contributed by atoms with Crippen LogP contribution in [-0.2, 0) is 7.05 Å². The summed E-state index contributed by atoms with van der Waals surface area (Å²) in [6.45, 7) is 0. The molecule has 2 heterocycles. The fourth-order valence-electron chi connectivity index (χ4n) is 1.44. The zero-order valence-corrected chi connectivity index (χ0v) is 10.5. The highest BCUT2D eigenvalue weighted by Crippen LogP contribution is 2.16. The first-order valence-electron chi connectivity index (χ1n) is 5.08. The number of rotatable bonds is 3. The first-order valence-corrected chi connectivity index (χ1v) is 5.46. The minimum atomic E-state index is -0.577. The molecule has 0 aliphatic carbocycles. The number of hydrogen-bond donors (Lipinski definition) is 1. The average molecular weight is 282 g/mol. The fourth-order valence-corrected chi connectivity index (χ4v) is 1.57. The monoisotopic (exact) mass is 281 g/mol. The van der Waals surface area contributed by atoms with E-state index in [4.69, 9.17) is 11.6 Å². The molecule has 0 atom stereocenters. The summed E-state index contributed by atoms with van der Waals surface area (Å²) in [4.78, 5) is 29.5. The van der Waals surface area contributed by atoms with E-state index in [2.05, 4.69) is 15.3 Å². The highest BCUT2D eigenvalue weighted by molar-refractivity contribution is 6.29. The molecule has 9 heteroatoms. The lowest BCUT2D eigenvalue weighted by molar-refractivity contribution is -0.384. The lowest BCUT2D eigenvalue weighted by Gasteiger charge is -2.03. The first kappa shape index (κ1) is 13.0. The molecular weight excluding hydrogens is 274 g/mol. The van der Waals surface area contributed by atoms with Gasteiger partial charge in [-0.1, -0.05) is 11.6 Å². The van der Waals surface area contributed by atoms with Gasteiger partial charge in [-0.3, -0.25) is 20.2 Å². The Morgan fingerprint density at radius 3 is 2.89 bits per heavy atom. The average Bonchev–Trinajstić information content (AvgIpc) is 2.71. The SMILES string of the molecule is Cn1cc([N+](=O)[O-])cc1C(=O)Nc1nccc(Cl)n1. The van der Waals surface area contributed by atoms with Crippen LogP contribution in [0, 0.1) is 10.1 Å². The van der Waals surface area contributed by atoms with Crippen molar-refractivity contribution < 1.29 is 9.72 Å². The van der Waals surface area contributed by atoms with Crippen molar-refractivity contribution in [3.8, 4) is 0 Å². The van der Waals surface area contributed by atoms with Crippen molar-refractivity contribution in [2.45, 2.75) is 0 Å². The number of nitrogens with one attached hydrogen (secondary N) is 1. The first-order chi connectivity index (χ1) is 8.97. The van der Waals surface area contributed by atoms with E-state index < -0.39 is 10.8 Å². The lowest BCUT2D eigenvalue weighted by Crippen LogP contribution is -2.17. The molecule has 98 valence electrons. The molecule has 2 aromatic rings. The number of hydrogen-bond acceptors (Lipinski definition) is 5. The largest absolute Gasteiger partial charge is 0.340 e. The predicted octanol–water partition coefficient (Wildman–Crippen LogP) is 1.63. The normalized spacial score (nSPS) is 10.2. The Bertz CT molecular complexity index is 654. The summed E-state index contributed by atoms with van der Waals surface area (Å²) in [5.41, 5.74) is -0.0464. The molecule has 19 heavy (non-hydrogen) atoms. The minimum absolute atomic E-state index is 0.0290. The predicted molar refractivity (Wildman–Crippen MR) is 67.1 cm³/mol. The molecule has 0 saturated carbocycles. The molecule has 2 rings (SSSR count). The van der Waals surface area contributed by atoms with Crippen LogP contribution in [0.5, 0.6) is 0 Å². The number of aryl methyl sites for hydroxylation is 1. The molecule has 2 aromatic heterocycles. The number of nitro groups is 1. The van der Waals surface area contributed by atoms with Gasteiger partial charge in [-0.15, -0.1) is 0 Å². The molecule has 1 N–H and O–H groups in total. The maximum atomic E-state index is 11.9. The Balaban J connectivity index is 2.23.